The zero-order chi connectivity index (χ0) is 20.6. The average Bonchev–Trinajstić information content (AvgIpc) is 2.71. The summed E-state index contributed by atoms with van der Waals surface area (Å²) < 4.78 is 0. The van der Waals surface area contributed by atoms with Gasteiger partial charge in [0.25, 0.3) is 0 Å². The molecule has 0 nitrogen and oxygen atoms in total. The average molecular weight is 435 g/mol. The van der Waals surface area contributed by atoms with Crippen molar-refractivity contribution in [3.05, 3.63) is 29.8 Å². The SMILES string of the molecule is CCCCc1ccccc1P(C12CC3CC(CC(C3)C1)C2)C12CC3CC(CC(C3)C1)C2. The van der Waals surface area contributed by atoms with Crippen LogP contribution in [-0.4, -0.2) is 10.3 Å². The van der Waals surface area contributed by atoms with E-state index < -0.39 is 0 Å². The van der Waals surface area contributed by atoms with Crippen molar-refractivity contribution in [2.45, 2.75) is 114 Å². The molecule has 8 aliphatic carbocycles. The van der Waals surface area contributed by atoms with E-state index in [9.17, 15) is 0 Å². The molecule has 0 amide bonds. The second-order valence-corrected chi connectivity index (χ2v) is 16.4. The first kappa shape index (κ1) is 20.1. The Morgan fingerprint density at radius 2 is 1.10 bits per heavy atom. The first-order chi connectivity index (χ1) is 15.1. The van der Waals surface area contributed by atoms with Gasteiger partial charge in [0.2, 0.25) is 0 Å². The third kappa shape index (κ3) is 3.16. The zero-order valence-electron chi connectivity index (χ0n) is 19.8. The summed E-state index contributed by atoms with van der Waals surface area (Å²) in [5.74, 6) is 6.54. The first-order valence-corrected chi connectivity index (χ1v) is 15.4. The molecule has 1 heteroatoms. The molecule has 0 spiro atoms. The molecule has 0 aromatic heterocycles. The molecule has 0 unspecified atom stereocenters. The summed E-state index contributed by atoms with van der Waals surface area (Å²) >= 11 is 0. The maximum Gasteiger partial charge on any atom is -0.00413 e. The lowest BCUT2D eigenvalue weighted by atomic mass is 9.55. The maximum absolute atomic E-state index is 2.67. The summed E-state index contributed by atoms with van der Waals surface area (Å²) in [5, 5.41) is 3.37. The molecule has 0 N–H and O–H groups in total. The van der Waals surface area contributed by atoms with Crippen LogP contribution in [0.1, 0.15) is 102 Å². The summed E-state index contributed by atoms with van der Waals surface area (Å²) in [4.78, 5) is 0. The van der Waals surface area contributed by atoms with Crippen LogP contribution >= 0.6 is 7.92 Å². The van der Waals surface area contributed by atoms with E-state index in [1.807, 2.05) is 5.30 Å². The van der Waals surface area contributed by atoms with Crippen LogP contribution < -0.4 is 5.30 Å². The number of benzene rings is 1. The van der Waals surface area contributed by atoms with Crippen molar-refractivity contribution in [2.75, 3.05) is 0 Å². The Balaban J connectivity index is 1.37. The molecule has 0 aliphatic heterocycles. The molecule has 8 saturated carbocycles. The van der Waals surface area contributed by atoms with Gasteiger partial charge in [-0.15, -0.1) is 0 Å². The van der Waals surface area contributed by atoms with E-state index in [0.29, 0.717) is 0 Å². The second-order valence-electron chi connectivity index (χ2n) is 13.4. The summed E-state index contributed by atoms with van der Waals surface area (Å²) in [6.07, 6.45) is 23.4. The van der Waals surface area contributed by atoms with Crippen LogP contribution in [0.4, 0.5) is 0 Å². The molecule has 0 radical (unpaired) electrons. The highest BCUT2D eigenvalue weighted by Gasteiger charge is 2.63. The highest BCUT2D eigenvalue weighted by molar-refractivity contribution is 7.68. The summed E-state index contributed by atoms with van der Waals surface area (Å²) in [5.41, 5.74) is 1.78. The summed E-state index contributed by atoms with van der Waals surface area (Å²) in [6, 6.07) is 10.0. The van der Waals surface area contributed by atoms with Crippen molar-refractivity contribution >= 4 is 13.2 Å². The van der Waals surface area contributed by atoms with Crippen LogP contribution in [0.25, 0.3) is 0 Å². The normalized spacial score (nSPS) is 47.8. The largest absolute Gasteiger partial charge is 0.0654 e. The van der Waals surface area contributed by atoms with Gasteiger partial charge in [-0.1, -0.05) is 45.5 Å². The Hall–Kier alpha value is -0.350. The predicted molar refractivity (Wildman–Crippen MR) is 133 cm³/mol. The predicted octanol–water partition coefficient (Wildman–Crippen LogP) is 8.07. The van der Waals surface area contributed by atoms with E-state index >= 15 is 0 Å². The molecule has 9 rings (SSSR count). The fourth-order valence-corrected chi connectivity index (χ4v) is 16.4. The Bertz CT molecular complexity index is 722. The summed E-state index contributed by atoms with van der Waals surface area (Å²) in [6.45, 7) is 2.38. The minimum Gasteiger partial charge on any atom is -0.0654 e. The standard InChI is InChI=1S/C30H43P/c1-2-3-6-27-7-4-5-8-28(27)31(29-15-21-9-22(16-29)11-23(10-21)17-29)30-18-24-12-25(19-30)14-26(13-24)20-30/h4-5,7-8,21-26H,2-3,6,9-20H2,1H3. The fraction of sp³-hybridized carbons (Fsp3) is 0.800. The van der Waals surface area contributed by atoms with E-state index in [1.54, 1.807) is 82.6 Å². The van der Waals surface area contributed by atoms with Gasteiger partial charge >= 0.3 is 0 Å². The van der Waals surface area contributed by atoms with Gasteiger partial charge in [0.1, 0.15) is 0 Å². The molecule has 31 heavy (non-hydrogen) atoms. The molecule has 8 fully saturated rings. The van der Waals surface area contributed by atoms with Gasteiger partial charge < -0.3 is 0 Å². The first-order valence-electron chi connectivity index (χ1n) is 14.0. The van der Waals surface area contributed by atoms with Crippen molar-refractivity contribution in [2.24, 2.45) is 35.5 Å². The van der Waals surface area contributed by atoms with E-state index in [-0.39, 0.29) is 7.92 Å². The molecule has 168 valence electrons. The van der Waals surface area contributed by atoms with Crippen molar-refractivity contribution in [3.63, 3.8) is 0 Å². The lowest BCUT2D eigenvalue weighted by Crippen LogP contribution is -2.58. The third-order valence-electron chi connectivity index (χ3n) is 11.0. The van der Waals surface area contributed by atoms with Crippen LogP contribution in [0.3, 0.4) is 0 Å². The van der Waals surface area contributed by atoms with Crippen molar-refractivity contribution in [1.82, 2.24) is 0 Å². The Labute approximate surface area is 192 Å². The monoisotopic (exact) mass is 434 g/mol. The smallest absolute Gasteiger partial charge is 0.00413 e. The van der Waals surface area contributed by atoms with Gasteiger partial charge in [0.15, 0.2) is 0 Å². The quantitative estimate of drug-likeness (QED) is 0.397. The van der Waals surface area contributed by atoms with E-state index in [0.717, 1.165) is 45.8 Å². The molecule has 8 bridgehead atoms. The molecule has 8 aliphatic rings. The Morgan fingerprint density at radius 3 is 1.52 bits per heavy atom. The highest BCUT2D eigenvalue weighted by atomic mass is 31.1. The van der Waals surface area contributed by atoms with Crippen LogP contribution in [-0.2, 0) is 6.42 Å². The minimum absolute atomic E-state index is 0.0413. The topological polar surface area (TPSA) is 0 Å². The Morgan fingerprint density at radius 1 is 0.677 bits per heavy atom. The number of unbranched alkanes of at least 4 members (excludes halogenated alkanes) is 1. The fourth-order valence-electron chi connectivity index (χ4n) is 11.0. The number of rotatable bonds is 6. The maximum atomic E-state index is 2.67. The molecule has 0 heterocycles. The highest BCUT2D eigenvalue weighted by Crippen LogP contribution is 2.78. The van der Waals surface area contributed by atoms with Gasteiger partial charge in [0.05, 0.1) is 0 Å². The van der Waals surface area contributed by atoms with Crippen LogP contribution in [0.5, 0.6) is 0 Å². The van der Waals surface area contributed by atoms with E-state index in [4.69, 9.17) is 0 Å². The van der Waals surface area contributed by atoms with E-state index in [2.05, 4.69) is 31.2 Å². The summed E-state index contributed by atoms with van der Waals surface area (Å²) in [7, 11) is -0.0413. The minimum atomic E-state index is -0.0413. The molecule has 1 aromatic rings. The van der Waals surface area contributed by atoms with Crippen LogP contribution in [0, 0.1) is 35.5 Å². The lowest BCUT2D eigenvalue weighted by molar-refractivity contribution is 0.0195. The molecule has 0 atom stereocenters. The van der Waals surface area contributed by atoms with Crippen molar-refractivity contribution in [1.29, 1.82) is 0 Å². The molecular formula is C30H43P. The van der Waals surface area contributed by atoms with Gasteiger partial charge in [-0.3, -0.25) is 0 Å². The molecule has 0 saturated heterocycles. The second kappa shape index (κ2) is 7.32. The lowest BCUT2D eigenvalue weighted by Gasteiger charge is -2.67. The van der Waals surface area contributed by atoms with Gasteiger partial charge in [-0.25, -0.2) is 0 Å². The number of aryl methyl sites for hydroxylation is 1. The third-order valence-corrected chi connectivity index (χ3v) is 14.9. The molecular weight excluding hydrogens is 391 g/mol. The Kier molecular flexibility index (Phi) is 4.74. The number of hydrogen-bond acceptors (Lipinski definition) is 0. The van der Waals surface area contributed by atoms with E-state index in [1.165, 1.54) is 19.3 Å². The zero-order valence-corrected chi connectivity index (χ0v) is 20.7. The molecule has 1 aromatic carbocycles. The van der Waals surface area contributed by atoms with Crippen molar-refractivity contribution < 1.29 is 0 Å². The van der Waals surface area contributed by atoms with Crippen LogP contribution in [0.2, 0.25) is 0 Å². The van der Waals surface area contributed by atoms with Gasteiger partial charge in [0, 0.05) is 0 Å². The van der Waals surface area contributed by atoms with Crippen molar-refractivity contribution in [3.8, 4) is 0 Å². The van der Waals surface area contributed by atoms with Gasteiger partial charge in [-0.2, -0.15) is 0 Å². The van der Waals surface area contributed by atoms with Crippen LogP contribution in [0.15, 0.2) is 24.3 Å². The van der Waals surface area contributed by atoms with Gasteiger partial charge in [-0.05, 0) is 147 Å². The number of hydrogen-bond donors (Lipinski definition) is 0.